The first-order valence-electron chi connectivity index (χ1n) is 4.47. The molecule has 0 aliphatic carbocycles. The summed E-state index contributed by atoms with van der Waals surface area (Å²) in [7, 11) is 0. The van der Waals surface area contributed by atoms with Gasteiger partial charge >= 0.3 is 0 Å². The van der Waals surface area contributed by atoms with Gasteiger partial charge in [-0.3, -0.25) is 9.89 Å². The Balaban J connectivity index is 1.99. The van der Waals surface area contributed by atoms with Gasteiger partial charge in [0.25, 0.3) is 5.91 Å². The van der Waals surface area contributed by atoms with Gasteiger partial charge in [-0.1, -0.05) is 0 Å². The highest BCUT2D eigenvalue weighted by molar-refractivity contribution is 9.10. The molecular formula is C9H9BrN4O2. The third kappa shape index (κ3) is 2.08. The summed E-state index contributed by atoms with van der Waals surface area (Å²) < 4.78 is 5.37. The number of nitrogens with two attached hydrogens (primary N) is 1. The van der Waals surface area contributed by atoms with Crippen LogP contribution in [-0.4, -0.2) is 16.1 Å². The summed E-state index contributed by atoms with van der Waals surface area (Å²) in [5, 5.41) is 9.04. The first-order chi connectivity index (χ1) is 7.68. The molecule has 84 valence electrons. The third-order valence-electron chi connectivity index (χ3n) is 2.05. The zero-order valence-electron chi connectivity index (χ0n) is 8.16. The van der Waals surface area contributed by atoms with E-state index in [1.807, 2.05) is 0 Å². The lowest BCUT2D eigenvalue weighted by Crippen LogP contribution is -2.22. The van der Waals surface area contributed by atoms with Crippen molar-refractivity contribution < 1.29 is 9.21 Å². The number of nitrogen functional groups attached to an aromatic ring is 1. The Morgan fingerprint density at radius 3 is 3.06 bits per heavy atom. The van der Waals surface area contributed by atoms with Crippen molar-refractivity contribution in [2.24, 2.45) is 0 Å². The van der Waals surface area contributed by atoms with E-state index >= 15 is 0 Å². The molecule has 2 heterocycles. The lowest BCUT2D eigenvalue weighted by Gasteiger charge is -2.02. The average molecular weight is 285 g/mol. The molecule has 0 bridgehead atoms. The van der Waals surface area contributed by atoms with Gasteiger partial charge in [-0.25, -0.2) is 0 Å². The molecule has 0 fully saturated rings. The lowest BCUT2D eigenvalue weighted by atomic mass is 10.3. The van der Waals surface area contributed by atoms with E-state index < -0.39 is 0 Å². The second-order valence-corrected chi connectivity index (χ2v) is 3.82. The molecule has 0 unspecified atom stereocenters. The van der Waals surface area contributed by atoms with Gasteiger partial charge in [-0.15, -0.1) is 0 Å². The fraction of sp³-hybridized carbons (Fsp3) is 0.111. The molecule has 16 heavy (non-hydrogen) atoms. The normalized spacial score (nSPS) is 10.3. The van der Waals surface area contributed by atoms with Gasteiger partial charge in [0.05, 0.1) is 18.0 Å². The maximum Gasteiger partial charge on any atom is 0.256 e. The second kappa shape index (κ2) is 4.40. The van der Waals surface area contributed by atoms with Crippen LogP contribution in [-0.2, 0) is 6.54 Å². The van der Waals surface area contributed by atoms with Crippen molar-refractivity contribution in [2.75, 3.05) is 5.73 Å². The zero-order chi connectivity index (χ0) is 11.5. The quantitative estimate of drug-likeness (QED) is 0.791. The zero-order valence-corrected chi connectivity index (χ0v) is 9.74. The first-order valence-corrected chi connectivity index (χ1v) is 5.26. The molecule has 2 aromatic heterocycles. The summed E-state index contributed by atoms with van der Waals surface area (Å²) in [6.45, 7) is 0.318. The molecule has 0 radical (unpaired) electrons. The molecule has 0 spiro atoms. The van der Waals surface area contributed by atoms with E-state index in [1.54, 1.807) is 12.3 Å². The highest BCUT2D eigenvalue weighted by Crippen LogP contribution is 2.17. The number of furan rings is 1. The second-order valence-electron chi connectivity index (χ2n) is 3.10. The van der Waals surface area contributed by atoms with E-state index in [2.05, 4.69) is 31.4 Å². The Kier molecular flexibility index (Phi) is 2.95. The minimum absolute atomic E-state index is 0.235. The predicted octanol–water partition coefficient (Wildman–Crippen LogP) is 1.28. The molecule has 2 rings (SSSR count). The van der Waals surface area contributed by atoms with Crippen LogP contribution < -0.4 is 11.1 Å². The number of nitrogens with zero attached hydrogens (tertiary/aromatic N) is 1. The number of aromatic amines is 1. The van der Waals surface area contributed by atoms with Crippen LogP contribution in [0.15, 0.2) is 27.6 Å². The molecular weight excluding hydrogens is 276 g/mol. The smallest absolute Gasteiger partial charge is 0.256 e. The number of amides is 1. The molecule has 0 saturated carbocycles. The Morgan fingerprint density at radius 2 is 2.50 bits per heavy atom. The van der Waals surface area contributed by atoms with Gasteiger partial charge in [0.15, 0.2) is 4.67 Å². The monoisotopic (exact) mass is 284 g/mol. The number of carbonyl (C=O) groups excluding carboxylic acids is 1. The van der Waals surface area contributed by atoms with Gasteiger partial charge in [0.1, 0.15) is 5.82 Å². The van der Waals surface area contributed by atoms with Gasteiger partial charge < -0.3 is 15.5 Å². The van der Waals surface area contributed by atoms with Crippen LogP contribution in [0.4, 0.5) is 5.82 Å². The highest BCUT2D eigenvalue weighted by Gasteiger charge is 2.12. The van der Waals surface area contributed by atoms with Crippen LogP contribution in [0.1, 0.15) is 15.9 Å². The number of halogens is 1. The topological polar surface area (TPSA) is 96.9 Å². The van der Waals surface area contributed by atoms with Crippen LogP contribution in [0.5, 0.6) is 0 Å². The van der Waals surface area contributed by atoms with Crippen molar-refractivity contribution in [1.82, 2.24) is 15.5 Å². The first kappa shape index (κ1) is 10.7. The fourth-order valence-corrected chi connectivity index (χ4v) is 1.61. The van der Waals surface area contributed by atoms with Gasteiger partial charge in [0, 0.05) is 12.1 Å². The standard InChI is InChI=1S/C9H9BrN4O2/c10-7-6(1-2-16-7)9(15)12-3-5-4-13-14-8(5)11/h1-2,4H,3H2,(H,12,15)(H3,11,13,14). The molecule has 7 heteroatoms. The summed E-state index contributed by atoms with van der Waals surface area (Å²) in [4.78, 5) is 11.7. The van der Waals surface area contributed by atoms with E-state index in [1.165, 1.54) is 6.26 Å². The van der Waals surface area contributed by atoms with Crippen molar-refractivity contribution in [3.8, 4) is 0 Å². The minimum atomic E-state index is -0.235. The number of hydrogen-bond acceptors (Lipinski definition) is 4. The molecule has 0 saturated heterocycles. The summed E-state index contributed by atoms with van der Waals surface area (Å²) in [5.41, 5.74) is 6.77. The molecule has 6 nitrogen and oxygen atoms in total. The maximum absolute atomic E-state index is 11.7. The van der Waals surface area contributed by atoms with Crippen molar-refractivity contribution in [3.63, 3.8) is 0 Å². The predicted molar refractivity (Wildman–Crippen MR) is 60.6 cm³/mol. The maximum atomic E-state index is 11.7. The number of carbonyl (C=O) groups is 1. The van der Waals surface area contributed by atoms with E-state index in [-0.39, 0.29) is 5.91 Å². The Labute approximate surface area is 99.3 Å². The highest BCUT2D eigenvalue weighted by atomic mass is 79.9. The molecule has 4 N–H and O–H groups in total. The molecule has 0 aliphatic rings. The molecule has 2 aromatic rings. The summed E-state index contributed by atoms with van der Waals surface area (Å²) in [6, 6.07) is 1.58. The lowest BCUT2D eigenvalue weighted by molar-refractivity contribution is 0.0949. The number of aromatic nitrogens is 2. The fourth-order valence-electron chi connectivity index (χ4n) is 1.19. The largest absolute Gasteiger partial charge is 0.457 e. The van der Waals surface area contributed by atoms with Crippen LogP contribution in [0.3, 0.4) is 0 Å². The van der Waals surface area contributed by atoms with Crippen molar-refractivity contribution >= 4 is 27.7 Å². The van der Waals surface area contributed by atoms with Gasteiger partial charge in [-0.05, 0) is 22.0 Å². The van der Waals surface area contributed by atoms with Crippen molar-refractivity contribution in [2.45, 2.75) is 6.54 Å². The van der Waals surface area contributed by atoms with Crippen LogP contribution >= 0.6 is 15.9 Å². The molecule has 0 atom stereocenters. The van der Waals surface area contributed by atoms with Crippen molar-refractivity contribution in [1.29, 1.82) is 0 Å². The van der Waals surface area contributed by atoms with Crippen LogP contribution in [0, 0.1) is 0 Å². The summed E-state index contributed by atoms with van der Waals surface area (Å²) in [5.74, 6) is 0.216. The number of nitrogens with one attached hydrogen (secondary N) is 2. The minimum Gasteiger partial charge on any atom is -0.457 e. The Morgan fingerprint density at radius 1 is 1.69 bits per heavy atom. The van der Waals surface area contributed by atoms with E-state index in [0.29, 0.717) is 22.6 Å². The van der Waals surface area contributed by atoms with E-state index in [9.17, 15) is 4.79 Å². The number of anilines is 1. The summed E-state index contributed by atoms with van der Waals surface area (Å²) in [6.07, 6.45) is 3.01. The van der Waals surface area contributed by atoms with E-state index in [0.717, 1.165) is 5.56 Å². The van der Waals surface area contributed by atoms with Crippen LogP contribution in [0.2, 0.25) is 0 Å². The van der Waals surface area contributed by atoms with E-state index in [4.69, 9.17) is 10.2 Å². The molecule has 1 amide bonds. The number of rotatable bonds is 3. The van der Waals surface area contributed by atoms with Gasteiger partial charge in [0.2, 0.25) is 0 Å². The molecule has 0 aliphatic heterocycles. The van der Waals surface area contributed by atoms with Crippen LogP contribution in [0.25, 0.3) is 0 Å². The number of hydrogen-bond donors (Lipinski definition) is 3. The molecule has 0 aromatic carbocycles. The average Bonchev–Trinajstić information content (AvgIpc) is 2.84. The summed E-state index contributed by atoms with van der Waals surface area (Å²) >= 11 is 3.13. The Bertz CT molecular complexity index is 505. The SMILES string of the molecule is Nc1[nH]ncc1CNC(=O)c1ccoc1Br. The Hall–Kier alpha value is -1.76. The van der Waals surface area contributed by atoms with Gasteiger partial charge in [-0.2, -0.15) is 5.10 Å². The number of H-pyrrole nitrogens is 1. The van der Waals surface area contributed by atoms with Crippen molar-refractivity contribution in [3.05, 3.63) is 34.3 Å². The third-order valence-corrected chi connectivity index (χ3v) is 2.67.